The molecule has 5 heteroatoms. The Morgan fingerprint density at radius 3 is 2.94 bits per heavy atom. The summed E-state index contributed by atoms with van der Waals surface area (Å²) in [5, 5.41) is 18.4. The average molecular weight is 281 g/mol. The van der Waals surface area contributed by atoms with Gasteiger partial charge in [-0.3, -0.25) is 0 Å². The molecule has 1 atom stereocenters. The second kappa shape index (κ2) is 6.13. The fourth-order valence-electron chi connectivity index (χ4n) is 1.78. The smallest absolute Gasteiger partial charge is 0.346 e. The number of carbonyl (C=O) groups is 1. The van der Waals surface area contributed by atoms with Crippen LogP contribution in [0.25, 0.3) is 0 Å². The molecule has 96 valence electrons. The first-order valence-electron chi connectivity index (χ1n) is 5.71. The fraction of sp³-hybridized carbons (Fsp3) is 0.308. The zero-order chi connectivity index (χ0) is 13.0. The number of nitrogens with one attached hydrogen (secondary N) is 1. The largest absolute Gasteiger partial charge is 0.477 e. The molecule has 0 bridgehead atoms. The molecule has 2 rings (SSSR count). The lowest BCUT2D eigenvalue weighted by Crippen LogP contribution is -2.27. The van der Waals surface area contributed by atoms with E-state index in [1.165, 1.54) is 16.9 Å². The third kappa shape index (κ3) is 3.41. The number of thiophene rings is 2. The molecule has 0 amide bonds. The lowest BCUT2D eigenvalue weighted by Gasteiger charge is -2.12. The zero-order valence-electron chi connectivity index (χ0n) is 10.1. The molecule has 2 aromatic heterocycles. The molecule has 0 aliphatic carbocycles. The quantitative estimate of drug-likeness (QED) is 0.854. The lowest BCUT2D eigenvalue weighted by atomic mass is 10.1. The van der Waals surface area contributed by atoms with Crippen molar-refractivity contribution in [2.45, 2.75) is 25.9 Å². The molecule has 0 aliphatic heterocycles. The second-order valence-electron chi connectivity index (χ2n) is 4.20. The van der Waals surface area contributed by atoms with Crippen LogP contribution in [-0.2, 0) is 13.0 Å². The number of aromatic carboxylic acids is 1. The first-order chi connectivity index (χ1) is 8.66. The van der Waals surface area contributed by atoms with Crippen molar-refractivity contribution in [3.8, 4) is 0 Å². The van der Waals surface area contributed by atoms with E-state index in [-0.39, 0.29) is 0 Å². The maximum Gasteiger partial charge on any atom is 0.346 e. The van der Waals surface area contributed by atoms with Crippen LogP contribution in [0.5, 0.6) is 0 Å². The van der Waals surface area contributed by atoms with Crippen molar-refractivity contribution >= 4 is 28.6 Å². The van der Waals surface area contributed by atoms with E-state index in [9.17, 15) is 4.79 Å². The third-order valence-corrected chi connectivity index (χ3v) is 4.38. The highest BCUT2D eigenvalue weighted by atomic mass is 32.1. The van der Waals surface area contributed by atoms with Gasteiger partial charge in [0.1, 0.15) is 4.88 Å². The van der Waals surface area contributed by atoms with Crippen LogP contribution in [0.1, 0.15) is 27.7 Å². The topological polar surface area (TPSA) is 49.3 Å². The molecule has 2 heterocycles. The first kappa shape index (κ1) is 13.3. The SMILES string of the molecule is CC(Cc1ccsc1)NCc1ccsc1C(=O)O. The van der Waals surface area contributed by atoms with Gasteiger partial charge >= 0.3 is 5.97 Å². The molecule has 0 fully saturated rings. The Hall–Kier alpha value is -1.17. The highest BCUT2D eigenvalue weighted by Gasteiger charge is 2.12. The van der Waals surface area contributed by atoms with Crippen molar-refractivity contribution < 1.29 is 9.90 Å². The molecule has 0 aliphatic rings. The van der Waals surface area contributed by atoms with Gasteiger partial charge < -0.3 is 10.4 Å². The van der Waals surface area contributed by atoms with Crippen molar-refractivity contribution in [2.24, 2.45) is 0 Å². The number of hydrogen-bond acceptors (Lipinski definition) is 4. The van der Waals surface area contributed by atoms with Crippen LogP contribution in [0, 0.1) is 0 Å². The first-order valence-corrected chi connectivity index (χ1v) is 7.53. The fourth-order valence-corrected chi connectivity index (χ4v) is 3.22. The Bertz CT molecular complexity index is 505. The Labute approximate surface area is 114 Å². The maximum atomic E-state index is 11.0. The zero-order valence-corrected chi connectivity index (χ0v) is 11.7. The predicted molar refractivity (Wildman–Crippen MR) is 75.6 cm³/mol. The van der Waals surface area contributed by atoms with Crippen LogP contribution < -0.4 is 5.32 Å². The molecule has 2 N–H and O–H groups in total. The summed E-state index contributed by atoms with van der Waals surface area (Å²) in [7, 11) is 0. The number of carboxylic acid groups (broad SMARTS) is 1. The molecule has 2 aromatic rings. The van der Waals surface area contributed by atoms with Gasteiger partial charge in [-0.25, -0.2) is 4.79 Å². The van der Waals surface area contributed by atoms with E-state index in [0.29, 0.717) is 17.5 Å². The third-order valence-electron chi connectivity index (χ3n) is 2.70. The molecule has 0 spiro atoms. The molecule has 0 saturated heterocycles. The van der Waals surface area contributed by atoms with Gasteiger partial charge in [0.05, 0.1) is 0 Å². The summed E-state index contributed by atoms with van der Waals surface area (Å²) in [6, 6.07) is 4.33. The van der Waals surface area contributed by atoms with Crippen molar-refractivity contribution in [1.82, 2.24) is 5.32 Å². The molecule has 1 unspecified atom stereocenters. The van der Waals surface area contributed by atoms with Crippen LogP contribution in [0.2, 0.25) is 0 Å². The minimum atomic E-state index is -0.840. The van der Waals surface area contributed by atoms with E-state index >= 15 is 0 Å². The maximum absolute atomic E-state index is 11.0. The molecule has 18 heavy (non-hydrogen) atoms. The second-order valence-corrected chi connectivity index (χ2v) is 5.89. The van der Waals surface area contributed by atoms with E-state index in [0.717, 1.165) is 12.0 Å². The van der Waals surface area contributed by atoms with Crippen molar-refractivity contribution in [3.05, 3.63) is 44.3 Å². The van der Waals surface area contributed by atoms with E-state index in [2.05, 4.69) is 29.1 Å². The molecule has 0 saturated carbocycles. The Kier molecular flexibility index (Phi) is 4.52. The summed E-state index contributed by atoms with van der Waals surface area (Å²) in [4.78, 5) is 11.4. The summed E-state index contributed by atoms with van der Waals surface area (Å²) < 4.78 is 0. The minimum absolute atomic E-state index is 0.334. The Morgan fingerprint density at radius 2 is 2.28 bits per heavy atom. The monoisotopic (exact) mass is 281 g/mol. The van der Waals surface area contributed by atoms with Gasteiger partial charge in [-0.05, 0) is 52.7 Å². The summed E-state index contributed by atoms with van der Waals surface area (Å²) in [5.41, 5.74) is 2.19. The highest BCUT2D eigenvalue weighted by molar-refractivity contribution is 7.12. The van der Waals surface area contributed by atoms with Crippen molar-refractivity contribution in [2.75, 3.05) is 0 Å². The van der Waals surface area contributed by atoms with E-state index in [4.69, 9.17) is 5.11 Å². The Balaban J connectivity index is 1.87. The minimum Gasteiger partial charge on any atom is -0.477 e. The number of carboxylic acids is 1. The normalized spacial score (nSPS) is 12.5. The van der Waals surface area contributed by atoms with E-state index < -0.39 is 5.97 Å². The van der Waals surface area contributed by atoms with Crippen LogP contribution in [0.3, 0.4) is 0 Å². The van der Waals surface area contributed by atoms with Gasteiger partial charge in [0, 0.05) is 12.6 Å². The van der Waals surface area contributed by atoms with Crippen LogP contribution in [0.15, 0.2) is 28.3 Å². The molecule has 0 radical (unpaired) electrons. The van der Waals surface area contributed by atoms with Crippen molar-refractivity contribution in [1.29, 1.82) is 0 Å². The van der Waals surface area contributed by atoms with Crippen LogP contribution in [-0.4, -0.2) is 17.1 Å². The lowest BCUT2D eigenvalue weighted by molar-refractivity contribution is 0.0701. The van der Waals surface area contributed by atoms with Gasteiger partial charge in [0.2, 0.25) is 0 Å². The van der Waals surface area contributed by atoms with Crippen molar-refractivity contribution in [3.63, 3.8) is 0 Å². The van der Waals surface area contributed by atoms with Gasteiger partial charge in [-0.15, -0.1) is 11.3 Å². The summed E-state index contributed by atoms with van der Waals surface area (Å²) in [6.45, 7) is 2.72. The van der Waals surface area contributed by atoms with Gasteiger partial charge in [0.15, 0.2) is 0 Å². The molecule has 0 aromatic carbocycles. The highest BCUT2D eigenvalue weighted by Crippen LogP contribution is 2.17. The average Bonchev–Trinajstić information content (AvgIpc) is 2.96. The number of rotatable bonds is 6. The van der Waals surface area contributed by atoms with Crippen LogP contribution in [0.4, 0.5) is 0 Å². The summed E-state index contributed by atoms with van der Waals surface area (Å²) in [6.07, 6.45) is 0.968. The van der Waals surface area contributed by atoms with E-state index in [1.54, 1.807) is 11.3 Å². The predicted octanol–water partition coefficient (Wildman–Crippen LogP) is 3.23. The van der Waals surface area contributed by atoms with E-state index in [1.807, 2.05) is 11.4 Å². The molecular weight excluding hydrogens is 266 g/mol. The number of hydrogen-bond donors (Lipinski definition) is 2. The molecular formula is C13H15NO2S2. The van der Waals surface area contributed by atoms with Crippen LogP contribution >= 0.6 is 22.7 Å². The van der Waals surface area contributed by atoms with Gasteiger partial charge in [-0.1, -0.05) is 0 Å². The standard InChI is InChI=1S/C13H15NO2S2/c1-9(6-10-2-4-17-8-10)14-7-11-3-5-18-12(11)13(15)16/h2-5,8-9,14H,6-7H2,1H3,(H,15,16). The van der Waals surface area contributed by atoms with Gasteiger partial charge in [-0.2, -0.15) is 11.3 Å². The van der Waals surface area contributed by atoms with Gasteiger partial charge in [0.25, 0.3) is 0 Å². The Morgan fingerprint density at radius 1 is 1.44 bits per heavy atom. The molecule has 3 nitrogen and oxygen atoms in total. The summed E-state index contributed by atoms with van der Waals surface area (Å²) >= 11 is 2.98. The summed E-state index contributed by atoms with van der Waals surface area (Å²) in [5.74, 6) is -0.840.